The number of benzene rings is 2. The van der Waals surface area contributed by atoms with Crippen LogP contribution in [0.15, 0.2) is 54.7 Å². The van der Waals surface area contributed by atoms with E-state index in [1.54, 1.807) is 32.5 Å². The number of hydrogen-bond donors (Lipinski definition) is 4. The highest BCUT2D eigenvalue weighted by atomic mass is 16.5. The molecule has 6 bridgehead atoms. The maximum atomic E-state index is 14.7. The lowest BCUT2D eigenvalue weighted by Crippen LogP contribution is -2.62. The summed E-state index contributed by atoms with van der Waals surface area (Å²) in [5.74, 6) is -1.99. The number of nitrogens with zero attached hydrogens (tertiary/aromatic N) is 4. The molecule has 2 fully saturated rings. The van der Waals surface area contributed by atoms with Crippen LogP contribution in [0, 0.1) is 17.3 Å². The number of carbonyl (C=O) groups is 4. The van der Waals surface area contributed by atoms with Crippen molar-refractivity contribution < 1.29 is 33.8 Å². The molecule has 2 aromatic carbocycles. The predicted octanol–water partition coefficient (Wildman–Crippen LogP) is 5.93. The van der Waals surface area contributed by atoms with E-state index in [0.29, 0.717) is 44.3 Å². The summed E-state index contributed by atoms with van der Waals surface area (Å²) in [7, 11) is 3.34. The number of ether oxygens (including phenoxy) is 2. The molecule has 14 heteroatoms. The fourth-order valence-electron chi connectivity index (χ4n) is 9.84. The molecule has 63 heavy (non-hydrogen) atoms. The molecular weight excluding hydrogens is 799 g/mol. The molecule has 0 aliphatic carbocycles. The van der Waals surface area contributed by atoms with Crippen molar-refractivity contribution in [1.82, 2.24) is 35.5 Å². The number of hydrazine groups is 1. The maximum Gasteiger partial charge on any atom is 0.324 e. The lowest BCUT2D eigenvalue weighted by atomic mass is 9.84. The fraction of sp³-hybridized carbons (Fsp3) is 0.531. The molecule has 0 radical (unpaired) electrons. The number of aromatic hydroxyl groups is 1. The van der Waals surface area contributed by atoms with E-state index in [-0.39, 0.29) is 48.7 Å². The molecular formula is C49H65N7O7. The van der Waals surface area contributed by atoms with Gasteiger partial charge in [-0.05, 0) is 118 Å². The Balaban J connectivity index is 1.34. The summed E-state index contributed by atoms with van der Waals surface area (Å²) < 4.78 is 14.2. The molecule has 6 atom stereocenters. The number of amides is 3. The summed E-state index contributed by atoms with van der Waals surface area (Å²) in [4.78, 5) is 63.1. The highest BCUT2D eigenvalue weighted by molar-refractivity contribution is 5.96. The number of carbonyl (C=O) groups excluding carboxylic acids is 4. The molecule has 0 unspecified atom stereocenters. The van der Waals surface area contributed by atoms with Gasteiger partial charge in [0.1, 0.15) is 23.9 Å². The van der Waals surface area contributed by atoms with E-state index in [1.807, 2.05) is 45.9 Å². The van der Waals surface area contributed by atoms with Gasteiger partial charge in [-0.25, -0.2) is 5.43 Å². The van der Waals surface area contributed by atoms with Crippen molar-refractivity contribution in [3.05, 3.63) is 71.5 Å². The number of rotatable bonds is 9. The zero-order chi connectivity index (χ0) is 45.3. The van der Waals surface area contributed by atoms with Gasteiger partial charge in [0.2, 0.25) is 11.8 Å². The summed E-state index contributed by atoms with van der Waals surface area (Å²) in [5, 5.41) is 20.1. The van der Waals surface area contributed by atoms with Crippen LogP contribution < -0.4 is 16.1 Å². The van der Waals surface area contributed by atoms with E-state index >= 15 is 0 Å². The Morgan fingerprint density at radius 2 is 1.87 bits per heavy atom. The van der Waals surface area contributed by atoms with E-state index in [9.17, 15) is 24.3 Å². The van der Waals surface area contributed by atoms with Gasteiger partial charge in [-0.2, -0.15) is 0 Å². The number of esters is 1. The van der Waals surface area contributed by atoms with Crippen molar-refractivity contribution >= 4 is 34.6 Å². The van der Waals surface area contributed by atoms with Crippen molar-refractivity contribution in [1.29, 1.82) is 0 Å². The highest BCUT2D eigenvalue weighted by Crippen LogP contribution is 2.42. The van der Waals surface area contributed by atoms with Crippen LogP contribution in [-0.2, 0) is 48.0 Å². The minimum Gasteiger partial charge on any atom is -0.508 e. The van der Waals surface area contributed by atoms with Crippen LogP contribution in [0.1, 0.15) is 90.7 Å². The normalized spacial score (nSPS) is 22.7. The standard InChI is InChI=1S/C49H65N7O7/c1-10-55-41-16-15-32-25-37(41)38(44(55)36-13-11-18-51-42(36)30(5)62-9)26-49(6,7)27-63-48(61)39-14-12-20-56(53-39)47(60)40(23-31-21-33(32)24-34(57)22-31)52-45(58)43(28(2)3)54(8)46(59)35-17-19-50-29(35)4/h11,13,15-16,18,21-22,24-25,28-30,35,39-40,43,50,53,57H,10,12,14,17,19-20,23,26-27H2,1-9H3,(H,52,58)/t29-,30-,35-,39-,40-,43-/m0/s1. The first-order valence-electron chi connectivity index (χ1n) is 22.5. The molecule has 5 heterocycles. The number of cyclic esters (lactones) is 1. The van der Waals surface area contributed by atoms with Crippen LogP contribution in [0.3, 0.4) is 0 Å². The molecule has 4 N–H and O–H groups in total. The number of hydrogen-bond acceptors (Lipinski definition) is 10. The molecule has 0 spiro atoms. The quantitative estimate of drug-likeness (QED) is 0.148. The summed E-state index contributed by atoms with van der Waals surface area (Å²) >= 11 is 0. The molecule has 7 rings (SSSR count). The second-order valence-corrected chi connectivity index (χ2v) is 18.8. The molecule has 3 amide bonds. The average Bonchev–Trinajstić information content (AvgIpc) is 3.83. The predicted molar refractivity (Wildman–Crippen MR) is 242 cm³/mol. The van der Waals surface area contributed by atoms with Crippen molar-refractivity contribution in [3.8, 4) is 28.1 Å². The second-order valence-electron chi connectivity index (χ2n) is 18.8. The van der Waals surface area contributed by atoms with Crippen molar-refractivity contribution in [2.75, 3.05) is 33.9 Å². The molecule has 2 aromatic heterocycles. The van der Waals surface area contributed by atoms with E-state index in [2.05, 4.69) is 59.6 Å². The second kappa shape index (κ2) is 18.8. The molecule has 2 saturated heterocycles. The summed E-state index contributed by atoms with van der Waals surface area (Å²) in [6, 6.07) is 12.8. The number of aromatic nitrogens is 2. The minimum absolute atomic E-state index is 0.0137. The number of phenols is 1. The number of nitrogens with one attached hydrogen (secondary N) is 3. The Morgan fingerprint density at radius 1 is 1.10 bits per heavy atom. The van der Waals surface area contributed by atoms with Crippen LogP contribution in [0.5, 0.6) is 5.75 Å². The van der Waals surface area contributed by atoms with Crippen LogP contribution in [0.4, 0.5) is 0 Å². The van der Waals surface area contributed by atoms with Crippen molar-refractivity contribution in [3.63, 3.8) is 0 Å². The van der Waals surface area contributed by atoms with Gasteiger partial charge in [0.15, 0.2) is 0 Å². The number of pyridine rings is 1. The first-order chi connectivity index (χ1) is 30.0. The van der Waals surface area contributed by atoms with E-state index in [0.717, 1.165) is 51.1 Å². The number of fused-ring (bicyclic) bond motifs is 6. The Kier molecular flexibility index (Phi) is 13.6. The average molecular weight is 864 g/mol. The topological polar surface area (TPSA) is 167 Å². The molecule has 4 aromatic rings. The Labute approximate surface area is 371 Å². The van der Waals surface area contributed by atoms with Gasteiger partial charge in [0, 0.05) is 67.8 Å². The first-order valence-corrected chi connectivity index (χ1v) is 22.5. The zero-order valence-electron chi connectivity index (χ0n) is 38.3. The highest BCUT2D eigenvalue weighted by Gasteiger charge is 2.40. The third kappa shape index (κ3) is 9.49. The monoisotopic (exact) mass is 863 g/mol. The number of methoxy groups -OCH3 is 1. The Morgan fingerprint density at radius 3 is 2.57 bits per heavy atom. The minimum atomic E-state index is -1.11. The van der Waals surface area contributed by atoms with Gasteiger partial charge in [0.05, 0.1) is 30.0 Å². The van der Waals surface area contributed by atoms with E-state index in [4.69, 9.17) is 14.5 Å². The SMILES string of the molecule is CCn1c(-c2cccnc2[C@H](C)OC)c2c3cc(ccc31)-c1cc(O)cc(c1)C[C@H](NC(=O)[C@H](C(C)C)N(C)C(=O)[C@H]1CCN[C@H]1C)C(=O)N1CCC[C@H](N1)C(=O)OCC(C)(C)C2. The smallest absolute Gasteiger partial charge is 0.324 e. The zero-order valence-corrected chi connectivity index (χ0v) is 38.3. The van der Waals surface area contributed by atoms with Gasteiger partial charge >= 0.3 is 5.97 Å². The number of phenolic OH excluding ortho intramolecular Hbond substituents is 1. The summed E-state index contributed by atoms with van der Waals surface area (Å²) in [6.07, 6.45) is 3.78. The Bertz CT molecular complexity index is 2360. The lowest BCUT2D eigenvalue weighted by Gasteiger charge is -2.37. The first kappa shape index (κ1) is 45.7. The summed E-state index contributed by atoms with van der Waals surface area (Å²) in [6.45, 7) is 15.9. The molecule has 3 aliphatic rings. The number of aryl methyl sites for hydroxylation is 1. The van der Waals surface area contributed by atoms with Crippen LogP contribution in [-0.4, -0.2) is 106 Å². The van der Waals surface area contributed by atoms with Gasteiger partial charge in [-0.1, -0.05) is 39.8 Å². The third-order valence-corrected chi connectivity index (χ3v) is 13.2. The number of likely N-dealkylation sites (N-methyl/N-ethyl adjacent to an activating group) is 1. The maximum absolute atomic E-state index is 14.7. The Hall–Kier alpha value is -5.31. The van der Waals surface area contributed by atoms with Crippen molar-refractivity contribution in [2.45, 2.75) is 117 Å². The van der Waals surface area contributed by atoms with E-state index < -0.39 is 41.3 Å². The van der Waals surface area contributed by atoms with Crippen molar-refractivity contribution in [2.24, 2.45) is 17.3 Å². The lowest BCUT2D eigenvalue weighted by molar-refractivity contribution is -0.155. The molecule has 0 saturated carbocycles. The van der Waals surface area contributed by atoms with Gasteiger partial charge in [-0.15, -0.1) is 0 Å². The van der Waals surface area contributed by atoms with Gasteiger partial charge in [-0.3, -0.25) is 29.2 Å². The molecule has 338 valence electrons. The molecule has 3 aliphatic heterocycles. The van der Waals surface area contributed by atoms with Crippen LogP contribution in [0.25, 0.3) is 33.3 Å². The fourth-order valence-corrected chi connectivity index (χ4v) is 9.84. The molecule has 14 nitrogen and oxygen atoms in total. The van der Waals surface area contributed by atoms with E-state index in [1.165, 1.54) is 9.91 Å². The van der Waals surface area contributed by atoms with Gasteiger partial charge < -0.3 is 34.7 Å². The van der Waals surface area contributed by atoms with Gasteiger partial charge in [0.25, 0.3) is 5.91 Å². The van der Waals surface area contributed by atoms with Crippen LogP contribution in [0.2, 0.25) is 0 Å². The van der Waals surface area contributed by atoms with Crippen LogP contribution >= 0.6 is 0 Å². The largest absolute Gasteiger partial charge is 0.508 e. The summed E-state index contributed by atoms with van der Waals surface area (Å²) in [5.41, 5.74) is 9.72. The third-order valence-electron chi connectivity index (χ3n) is 13.2.